The zero-order valence-corrected chi connectivity index (χ0v) is 22.2. The molecule has 8 heteroatoms. The van der Waals surface area contributed by atoms with Crippen molar-refractivity contribution in [3.63, 3.8) is 0 Å². The first kappa shape index (κ1) is 25.7. The molecule has 0 aliphatic heterocycles. The summed E-state index contributed by atoms with van der Waals surface area (Å²) in [5.74, 6) is 0.480. The topological polar surface area (TPSA) is 75.7 Å². The molecule has 0 saturated heterocycles. The molecule has 1 heterocycles. The molecule has 0 unspecified atom stereocenters. The Hall–Kier alpha value is -3.36. The number of rotatable bonds is 10. The first-order valence-electron chi connectivity index (χ1n) is 11.9. The second-order valence-electron chi connectivity index (χ2n) is 8.58. The van der Waals surface area contributed by atoms with Crippen molar-refractivity contribution >= 4 is 43.0 Å². The fourth-order valence-electron chi connectivity index (χ4n) is 4.06. The van der Waals surface area contributed by atoms with Crippen LogP contribution in [-0.2, 0) is 16.4 Å². The molecule has 0 aliphatic rings. The Labute approximate surface area is 216 Å². The number of fused-ring (bicyclic) bond motifs is 1. The summed E-state index contributed by atoms with van der Waals surface area (Å²) in [5.41, 5.74) is 1.81. The SMILES string of the molecule is CCN(c1ccc2sc(C(=O)N[C@@H](C)CCc3ccccc3)cc2c1)S(=O)(=O)c1ccc(OC)cc1. The number of sulfonamides is 1. The van der Waals surface area contributed by atoms with Crippen LogP contribution in [0.3, 0.4) is 0 Å². The highest BCUT2D eigenvalue weighted by Crippen LogP contribution is 2.32. The zero-order valence-electron chi connectivity index (χ0n) is 20.6. The molecule has 0 aliphatic carbocycles. The van der Waals surface area contributed by atoms with Gasteiger partial charge in [-0.3, -0.25) is 9.10 Å². The molecule has 1 atom stereocenters. The summed E-state index contributed by atoms with van der Waals surface area (Å²) in [6.45, 7) is 4.08. The number of hydrogen-bond donors (Lipinski definition) is 1. The third kappa shape index (κ3) is 5.71. The maximum absolute atomic E-state index is 13.3. The minimum Gasteiger partial charge on any atom is -0.497 e. The maximum Gasteiger partial charge on any atom is 0.264 e. The Morgan fingerprint density at radius 1 is 1.03 bits per heavy atom. The fourth-order valence-corrected chi connectivity index (χ4v) is 6.47. The van der Waals surface area contributed by atoms with Crippen LogP contribution in [0, 0.1) is 0 Å². The van der Waals surface area contributed by atoms with Gasteiger partial charge in [-0.25, -0.2) is 8.42 Å². The van der Waals surface area contributed by atoms with E-state index in [-0.39, 0.29) is 23.4 Å². The van der Waals surface area contributed by atoms with Crippen LogP contribution in [-0.4, -0.2) is 34.0 Å². The van der Waals surface area contributed by atoms with E-state index >= 15 is 0 Å². The number of carbonyl (C=O) groups is 1. The lowest BCUT2D eigenvalue weighted by Crippen LogP contribution is -2.32. The number of nitrogens with zero attached hydrogens (tertiary/aromatic N) is 1. The molecule has 4 aromatic rings. The Balaban J connectivity index is 1.49. The Bertz CT molecular complexity index is 1430. The summed E-state index contributed by atoms with van der Waals surface area (Å²) in [4.78, 5) is 13.7. The maximum atomic E-state index is 13.3. The van der Waals surface area contributed by atoms with E-state index < -0.39 is 10.0 Å². The lowest BCUT2D eigenvalue weighted by Gasteiger charge is -2.23. The van der Waals surface area contributed by atoms with Gasteiger partial charge >= 0.3 is 0 Å². The first-order chi connectivity index (χ1) is 17.3. The number of hydrogen-bond acceptors (Lipinski definition) is 5. The van der Waals surface area contributed by atoms with Crippen LogP contribution >= 0.6 is 11.3 Å². The van der Waals surface area contributed by atoms with Gasteiger partial charge in [-0.15, -0.1) is 11.3 Å². The molecule has 0 spiro atoms. The van der Waals surface area contributed by atoms with Gasteiger partial charge in [-0.05, 0) is 86.2 Å². The largest absolute Gasteiger partial charge is 0.497 e. The molecule has 0 bridgehead atoms. The summed E-state index contributed by atoms with van der Waals surface area (Å²) >= 11 is 1.40. The van der Waals surface area contributed by atoms with Crippen LogP contribution in [0.1, 0.15) is 35.5 Å². The minimum atomic E-state index is -3.75. The highest BCUT2D eigenvalue weighted by Gasteiger charge is 2.24. The quantitative estimate of drug-likeness (QED) is 0.282. The van der Waals surface area contributed by atoms with Gasteiger partial charge in [-0.1, -0.05) is 30.3 Å². The number of carbonyl (C=O) groups excluding carboxylic acids is 1. The van der Waals surface area contributed by atoms with Gasteiger partial charge in [0, 0.05) is 17.3 Å². The second-order valence-corrected chi connectivity index (χ2v) is 11.5. The average molecular weight is 523 g/mol. The Kier molecular flexibility index (Phi) is 7.96. The van der Waals surface area contributed by atoms with Gasteiger partial charge in [0.05, 0.1) is 22.6 Å². The number of ether oxygens (including phenoxy) is 1. The van der Waals surface area contributed by atoms with Crippen molar-refractivity contribution in [2.75, 3.05) is 18.0 Å². The van der Waals surface area contributed by atoms with Crippen molar-refractivity contribution in [2.45, 2.75) is 37.6 Å². The number of nitrogens with one attached hydrogen (secondary N) is 1. The molecule has 36 heavy (non-hydrogen) atoms. The number of benzene rings is 3. The van der Waals surface area contributed by atoms with Crippen LogP contribution < -0.4 is 14.4 Å². The molecule has 4 rings (SSSR count). The van der Waals surface area contributed by atoms with Crippen LogP contribution in [0.2, 0.25) is 0 Å². The Morgan fingerprint density at radius 3 is 2.42 bits per heavy atom. The van der Waals surface area contributed by atoms with E-state index in [1.807, 2.05) is 43.3 Å². The number of amides is 1. The summed E-state index contributed by atoms with van der Waals surface area (Å²) in [6, 6.07) is 23.9. The van der Waals surface area contributed by atoms with Gasteiger partial charge in [0.1, 0.15) is 5.75 Å². The Morgan fingerprint density at radius 2 is 1.75 bits per heavy atom. The van der Waals surface area contributed by atoms with Crippen molar-refractivity contribution in [3.05, 3.63) is 89.3 Å². The van der Waals surface area contributed by atoms with Crippen molar-refractivity contribution in [3.8, 4) is 5.75 Å². The minimum absolute atomic E-state index is 0.0312. The van der Waals surface area contributed by atoms with Crippen LogP contribution in [0.25, 0.3) is 10.1 Å². The standard InChI is InChI=1S/C28H30N2O4S2/c1-4-30(36(32,33)25-15-13-24(34-3)14-16-25)23-12-17-26-22(18-23)19-27(35-26)28(31)29-20(2)10-11-21-8-6-5-7-9-21/h5-9,12-20H,4,10-11H2,1-3H3,(H,29,31)/t20-/m0/s1. The van der Waals surface area contributed by atoms with Gasteiger partial charge in [-0.2, -0.15) is 0 Å². The summed E-state index contributed by atoms with van der Waals surface area (Å²) in [5, 5.41) is 3.92. The summed E-state index contributed by atoms with van der Waals surface area (Å²) < 4.78 is 34.1. The highest BCUT2D eigenvalue weighted by atomic mass is 32.2. The van der Waals surface area contributed by atoms with Gasteiger partial charge < -0.3 is 10.1 Å². The molecule has 1 amide bonds. The highest BCUT2D eigenvalue weighted by molar-refractivity contribution is 7.92. The predicted molar refractivity (Wildman–Crippen MR) is 147 cm³/mol. The van der Waals surface area contributed by atoms with Gasteiger partial charge in [0.25, 0.3) is 15.9 Å². The fraction of sp³-hybridized carbons (Fsp3) is 0.250. The normalized spacial score (nSPS) is 12.3. The average Bonchev–Trinajstić information content (AvgIpc) is 3.32. The van der Waals surface area contributed by atoms with E-state index in [9.17, 15) is 13.2 Å². The van der Waals surface area contributed by atoms with E-state index in [0.29, 0.717) is 16.3 Å². The summed E-state index contributed by atoms with van der Waals surface area (Å²) in [7, 11) is -2.21. The number of aryl methyl sites for hydroxylation is 1. The lowest BCUT2D eigenvalue weighted by molar-refractivity contribution is 0.0942. The van der Waals surface area contributed by atoms with Crippen molar-refractivity contribution in [1.82, 2.24) is 5.32 Å². The predicted octanol–water partition coefficient (Wildman–Crippen LogP) is 5.88. The molecule has 1 N–H and O–H groups in total. The van der Waals surface area contributed by atoms with Crippen LogP contribution in [0.15, 0.2) is 83.8 Å². The van der Waals surface area contributed by atoms with Crippen LogP contribution in [0.4, 0.5) is 5.69 Å². The van der Waals surface area contributed by atoms with E-state index in [1.165, 1.54) is 28.3 Å². The zero-order chi connectivity index (χ0) is 25.7. The molecule has 1 aromatic heterocycles. The molecule has 3 aromatic carbocycles. The molecule has 0 saturated carbocycles. The van der Waals surface area contributed by atoms with E-state index in [1.54, 1.807) is 37.3 Å². The van der Waals surface area contributed by atoms with Gasteiger partial charge in [0.2, 0.25) is 0 Å². The van der Waals surface area contributed by atoms with Crippen molar-refractivity contribution in [2.24, 2.45) is 0 Å². The molecular formula is C28H30N2O4S2. The molecule has 0 fully saturated rings. The molecular weight excluding hydrogens is 492 g/mol. The van der Waals surface area contributed by atoms with Crippen molar-refractivity contribution in [1.29, 1.82) is 0 Å². The van der Waals surface area contributed by atoms with Crippen LogP contribution in [0.5, 0.6) is 5.75 Å². The summed E-state index contributed by atoms with van der Waals surface area (Å²) in [6.07, 6.45) is 1.74. The van der Waals surface area contributed by atoms with E-state index in [2.05, 4.69) is 17.4 Å². The molecule has 0 radical (unpaired) electrons. The van der Waals surface area contributed by atoms with Gasteiger partial charge in [0.15, 0.2) is 0 Å². The number of thiophene rings is 1. The number of anilines is 1. The third-order valence-electron chi connectivity index (χ3n) is 6.03. The monoisotopic (exact) mass is 522 g/mol. The molecule has 188 valence electrons. The first-order valence-corrected chi connectivity index (χ1v) is 14.1. The third-order valence-corrected chi connectivity index (χ3v) is 9.06. The number of methoxy groups -OCH3 is 1. The van der Waals surface area contributed by atoms with E-state index in [4.69, 9.17) is 4.74 Å². The molecule has 6 nitrogen and oxygen atoms in total. The lowest BCUT2D eigenvalue weighted by atomic mass is 10.1. The van der Waals surface area contributed by atoms with Crippen molar-refractivity contribution < 1.29 is 17.9 Å². The second kappa shape index (κ2) is 11.1. The smallest absolute Gasteiger partial charge is 0.264 e. The van der Waals surface area contributed by atoms with E-state index in [0.717, 1.165) is 22.9 Å².